The van der Waals surface area contributed by atoms with Gasteiger partial charge in [-0.15, -0.1) is 0 Å². The number of amides is 1. The lowest BCUT2D eigenvalue weighted by Crippen LogP contribution is -2.49. The Morgan fingerprint density at radius 3 is 2.33 bits per heavy atom. The van der Waals surface area contributed by atoms with E-state index in [9.17, 15) is 9.18 Å². The van der Waals surface area contributed by atoms with Crippen molar-refractivity contribution in [3.05, 3.63) is 71.0 Å². The molecule has 1 fully saturated rings. The average molecular weight is 326 g/mol. The highest BCUT2D eigenvalue weighted by molar-refractivity contribution is 5.94. The monoisotopic (exact) mass is 326 g/mol. The molecule has 1 aliphatic rings. The number of piperazine rings is 1. The number of hydrogen-bond donors (Lipinski definition) is 0. The van der Waals surface area contributed by atoms with Crippen molar-refractivity contribution in [2.75, 3.05) is 32.7 Å². The Bertz CT molecular complexity index is 691. The van der Waals surface area contributed by atoms with Gasteiger partial charge in [-0.1, -0.05) is 35.9 Å². The zero-order valence-electron chi connectivity index (χ0n) is 14.0. The molecule has 0 aromatic heterocycles. The van der Waals surface area contributed by atoms with Crippen LogP contribution in [-0.2, 0) is 6.42 Å². The van der Waals surface area contributed by atoms with Gasteiger partial charge in [-0.3, -0.25) is 9.69 Å². The first-order valence-corrected chi connectivity index (χ1v) is 8.45. The molecule has 4 heteroatoms. The highest BCUT2D eigenvalue weighted by atomic mass is 19.1. The van der Waals surface area contributed by atoms with Crippen LogP contribution >= 0.6 is 0 Å². The van der Waals surface area contributed by atoms with Gasteiger partial charge in [0.05, 0.1) is 0 Å². The van der Waals surface area contributed by atoms with E-state index < -0.39 is 0 Å². The van der Waals surface area contributed by atoms with Gasteiger partial charge in [-0.05, 0) is 37.1 Å². The first-order valence-electron chi connectivity index (χ1n) is 8.45. The van der Waals surface area contributed by atoms with Gasteiger partial charge in [0.2, 0.25) is 0 Å². The largest absolute Gasteiger partial charge is 0.336 e. The minimum absolute atomic E-state index is 0.101. The molecule has 0 radical (unpaired) electrons. The fraction of sp³-hybridized carbons (Fsp3) is 0.350. The third kappa shape index (κ3) is 4.01. The summed E-state index contributed by atoms with van der Waals surface area (Å²) in [5.74, 6) is -0.0329. The fourth-order valence-corrected chi connectivity index (χ4v) is 3.03. The minimum Gasteiger partial charge on any atom is -0.336 e. The second-order valence-corrected chi connectivity index (χ2v) is 6.34. The van der Waals surface area contributed by atoms with E-state index in [1.54, 1.807) is 6.07 Å². The molecule has 2 aromatic carbocycles. The van der Waals surface area contributed by atoms with E-state index in [2.05, 4.69) is 4.90 Å². The quantitative estimate of drug-likeness (QED) is 0.862. The molecule has 1 aliphatic heterocycles. The molecule has 1 amide bonds. The number of hydrogen-bond acceptors (Lipinski definition) is 2. The lowest BCUT2D eigenvalue weighted by atomic mass is 10.1. The van der Waals surface area contributed by atoms with Crippen LogP contribution in [0.15, 0.2) is 48.5 Å². The summed E-state index contributed by atoms with van der Waals surface area (Å²) < 4.78 is 13.7. The third-order valence-electron chi connectivity index (χ3n) is 4.61. The number of benzene rings is 2. The molecule has 126 valence electrons. The molecule has 1 heterocycles. The molecule has 0 saturated carbocycles. The van der Waals surface area contributed by atoms with E-state index in [4.69, 9.17) is 0 Å². The maximum Gasteiger partial charge on any atom is 0.253 e. The summed E-state index contributed by atoms with van der Waals surface area (Å²) >= 11 is 0. The summed E-state index contributed by atoms with van der Waals surface area (Å²) in [6.45, 7) is 5.97. The van der Waals surface area contributed by atoms with Crippen LogP contribution in [0.25, 0.3) is 0 Å². The molecule has 2 aromatic rings. The Balaban J connectivity index is 1.49. The van der Waals surface area contributed by atoms with Gasteiger partial charge in [0.1, 0.15) is 5.82 Å². The molecular formula is C20H23FN2O. The van der Waals surface area contributed by atoms with Crippen molar-refractivity contribution in [3.63, 3.8) is 0 Å². The molecule has 0 atom stereocenters. The smallest absolute Gasteiger partial charge is 0.253 e. The molecule has 0 N–H and O–H groups in total. The summed E-state index contributed by atoms with van der Waals surface area (Å²) in [5.41, 5.74) is 2.67. The Hall–Kier alpha value is -2.20. The molecule has 0 unspecified atom stereocenters. The molecule has 24 heavy (non-hydrogen) atoms. The van der Waals surface area contributed by atoms with Crippen molar-refractivity contribution in [1.82, 2.24) is 9.80 Å². The predicted octanol–water partition coefficient (Wildman–Crippen LogP) is 3.13. The van der Waals surface area contributed by atoms with Crippen LogP contribution in [0.4, 0.5) is 4.39 Å². The summed E-state index contributed by atoms with van der Waals surface area (Å²) in [4.78, 5) is 16.7. The summed E-state index contributed by atoms with van der Waals surface area (Å²) in [5, 5.41) is 0. The Kier molecular flexibility index (Phi) is 5.26. The van der Waals surface area contributed by atoms with E-state index >= 15 is 0 Å². The lowest BCUT2D eigenvalue weighted by Gasteiger charge is -2.34. The number of carbonyl (C=O) groups is 1. The number of aryl methyl sites for hydroxylation is 1. The van der Waals surface area contributed by atoms with Gasteiger partial charge in [0.25, 0.3) is 5.91 Å². The third-order valence-corrected chi connectivity index (χ3v) is 4.61. The topological polar surface area (TPSA) is 23.6 Å². The van der Waals surface area contributed by atoms with Crippen molar-refractivity contribution < 1.29 is 9.18 Å². The predicted molar refractivity (Wildman–Crippen MR) is 93.6 cm³/mol. The van der Waals surface area contributed by atoms with E-state index in [-0.39, 0.29) is 11.7 Å². The van der Waals surface area contributed by atoms with Gasteiger partial charge >= 0.3 is 0 Å². The fourth-order valence-electron chi connectivity index (χ4n) is 3.03. The van der Waals surface area contributed by atoms with Gasteiger partial charge in [0.15, 0.2) is 0 Å². The van der Waals surface area contributed by atoms with Crippen LogP contribution < -0.4 is 0 Å². The second kappa shape index (κ2) is 7.58. The maximum absolute atomic E-state index is 13.7. The van der Waals surface area contributed by atoms with Crippen LogP contribution in [0.5, 0.6) is 0 Å². The molecule has 1 saturated heterocycles. The van der Waals surface area contributed by atoms with Gasteiger partial charge < -0.3 is 4.90 Å². The van der Waals surface area contributed by atoms with Crippen LogP contribution in [-0.4, -0.2) is 48.4 Å². The Morgan fingerprint density at radius 1 is 1.00 bits per heavy atom. The van der Waals surface area contributed by atoms with E-state index in [1.807, 2.05) is 48.2 Å². The first-order chi connectivity index (χ1) is 11.6. The highest BCUT2D eigenvalue weighted by Crippen LogP contribution is 2.12. The summed E-state index contributed by atoms with van der Waals surface area (Å²) in [7, 11) is 0. The zero-order chi connectivity index (χ0) is 16.9. The second-order valence-electron chi connectivity index (χ2n) is 6.34. The lowest BCUT2D eigenvalue weighted by molar-refractivity contribution is 0.0638. The SMILES string of the molecule is Cc1ccc(C(=O)N2CCN(CCc3ccccc3F)CC2)cc1. The van der Waals surface area contributed by atoms with E-state index in [0.29, 0.717) is 6.42 Å². The molecule has 3 nitrogen and oxygen atoms in total. The maximum atomic E-state index is 13.7. The standard InChI is InChI=1S/C20H23FN2O/c1-16-6-8-18(9-7-16)20(24)23-14-12-22(13-15-23)11-10-17-4-2-3-5-19(17)21/h2-9H,10-15H2,1H3. The Labute approximate surface area is 142 Å². The van der Waals surface area contributed by atoms with Crippen molar-refractivity contribution in [1.29, 1.82) is 0 Å². The van der Waals surface area contributed by atoms with Crippen molar-refractivity contribution >= 4 is 5.91 Å². The van der Waals surface area contributed by atoms with Gasteiger partial charge in [0, 0.05) is 38.3 Å². The summed E-state index contributed by atoms with van der Waals surface area (Å²) in [6, 6.07) is 14.7. The van der Waals surface area contributed by atoms with Crippen LogP contribution in [0.1, 0.15) is 21.5 Å². The number of halogens is 1. The van der Waals surface area contributed by atoms with Crippen LogP contribution in [0.2, 0.25) is 0 Å². The van der Waals surface area contributed by atoms with Crippen LogP contribution in [0.3, 0.4) is 0 Å². The summed E-state index contributed by atoms with van der Waals surface area (Å²) in [6.07, 6.45) is 0.707. The van der Waals surface area contributed by atoms with Gasteiger partial charge in [-0.2, -0.15) is 0 Å². The number of nitrogens with zero attached hydrogens (tertiary/aromatic N) is 2. The van der Waals surface area contributed by atoms with E-state index in [1.165, 1.54) is 6.07 Å². The molecule has 0 aliphatic carbocycles. The first kappa shape index (κ1) is 16.7. The van der Waals surface area contributed by atoms with Crippen LogP contribution in [0, 0.1) is 12.7 Å². The van der Waals surface area contributed by atoms with E-state index in [0.717, 1.165) is 49.4 Å². The minimum atomic E-state index is -0.134. The van der Waals surface area contributed by atoms with Crippen molar-refractivity contribution in [3.8, 4) is 0 Å². The normalized spacial score (nSPS) is 15.5. The average Bonchev–Trinajstić information content (AvgIpc) is 2.62. The molecule has 3 rings (SSSR count). The number of rotatable bonds is 4. The molecular weight excluding hydrogens is 303 g/mol. The molecule has 0 bridgehead atoms. The van der Waals surface area contributed by atoms with Gasteiger partial charge in [-0.25, -0.2) is 4.39 Å². The number of carbonyl (C=O) groups excluding carboxylic acids is 1. The van der Waals surface area contributed by atoms with Crippen molar-refractivity contribution in [2.24, 2.45) is 0 Å². The zero-order valence-corrected chi connectivity index (χ0v) is 14.0. The molecule has 0 spiro atoms. The highest BCUT2D eigenvalue weighted by Gasteiger charge is 2.21. The Morgan fingerprint density at radius 2 is 1.67 bits per heavy atom. The van der Waals surface area contributed by atoms with Crippen molar-refractivity contribution in [2.45, 2.75) is 13.3 Å².